The lowest BCUT2D eigenvalue weighted by Gasteiger charge is -2.32. The number of rotatable bonds is 3. The highest BCUT2D eigenvalue weighted by Crippen LogP contribution is 2.22. The van der Waals surface area contributed by atoms with E-state index < -0.39 is 0 Å². The van der Waals surface area contributed by atoms with E-state index in [1.165, 1.54) is 0 Å². The first kappa shape index (κ1) is 14.4. The molecule has 3 heterocycles. The maximum atomic E-state index is 12.4. The molecule has 6 heteroatoms. The highest BCUT2D eigenvalue weighted by Gasteiger charge is 2.26. The van der Waals surface area contributed by atoms with Gasteiger partial charge in [0.1, 0.15) is 11.6 Å². The standard InChI is InChI=1S/C16H19N5O/c1-12-4-5-14(19-9-12)20-16(22)13-3-2-8-21(11-13)15-10-17-6-7-18-15/h4-7,9-10,13H,2-3,8,11H2,1H3,(H,19,20,22)/t13-/m1/s1. The van der Waals surface area contributed by atoms with Crippen molar-refractivity contribution in [2.45, 2.75) is 19.8 Å². The summed E-state index contributed by atoms with van der Waals surface area (Å²) in [4.78, 5) is 27.2. The first-order chi connectivity index (χ1) is 10.7. The van der Waals surface area contributed by atoms with Crippen molar-refractivity contribution in [3.63, 3.8) is 0 Å². The van der Waals surface area contributed by atoms with Gasteiger partial charge >= 0.3 is 0 Å². The lowest BCUT2D eigenvalue weighted by atomic mass is 9.97. The molecule has 1 aliphatic rings. The van der Waals surface area contributed by atoms with E-state index in [0.29, 0.717) is 12.4 Å². The van der Waals surface area contributed by atoms with Crippen molar-refractivity contribution in [1.82, 2.24) is 15.0 Å². The average Bonchev–Trinajstić information content (AvgIpc) is 2.58. The molecule has 0 saturated carbocycles. The molecule has 0 unspecified atom stereocenters. The molecule has 1 fully saturated rings. The molecule has 1 N–H and O–H groups in total. The van der Waals surface area contributed by atoms with Crippen LogP contribution in [0.4, 0.5) is 11.6 Å². The Hall–Kier alpha value is -2.50. The van der Waals surface area contributed by atoms with Crippen LogP contribution in [0.2, 0.25) is 0 Å². The van der Waals surface area contributed by atoms with Crippen LogP contribution in [0, 0.1) is 12.8 Å². The highest BCUT2D eigenvalue weighted by molar-refractivity contribution is 5.92. The van der Waals surface area contributed by atoms with E-state index in [4.69, 9.17) is 0 Å². The summed E-state index contributed by atoms with van der Waals surface area (Å²) in [5.41, 5.74) is 1.07. The van der Waals surface area contributed by atoms with Gasteiger partial charge in [0, 0.05) is 31.7 Å². The summed E-state index contributed by atoms with van der Waals surface area (Å²) in [6, 6.07) is 3.77. The second-order valence-corrected chi connectivity index (χ2v) is 5.56. The molecule has 0 radical (unpaired) electrons. The fourth-order valence-corrected chi connectivity index (χ4v) is 2.62. The molecule has 2 aromatic rings. The van der Waals surface area contributed by atoms with E-state index >= 15 is 0 Å². The number of anilines is 2. The molecule has 0 spiro atoms. The number of amides is 1. The summed E-state index contributed by atoms with van der Waals surface area (Å²) in [7, 11) is 0. The number of pyridine rings is 1. The Morgan fingerprint density at radius 1 is 1.27 bits per heavy atom. The van der Waals surface area contributed by atoms with Crippen molar-refractivity contribution in [2.24, 2.45) is 5.92 Å². The lowest BCUT2D eigenvalue weighted by molar-refractivity contribution is -0.120. The van der Waals surface area contributed by atoms with E-state index in [-0.39, 0.29) is 11.8 Å². The second kappa shape index (κ2) is 6.51. The van der Waals surface area contributed by atoms with Crippen LogP contribution in [-0.2, 0) is 4.79 Å². The van der Waals surface area contributed by atoms with Crippen molar-refractivity contribution < 1.29 is 4.79 Å². The van der Waals surface area contributed by atoms with E-state index in [0.717, 1.165) is 30.8 Å². The zero-order valence-corrected chi connectivity index (χ0v) is 12.6. The minimum Gasteiger partial charge on any atom is -0.355 e. The maximum absolute atomic E-state index is 12.4. The highest BCUT2D eigenvalue weighted by atomic mass is 16.2. The van der Waals surface area contributed by atoms with Gasteiger partial charge in [0.15, 0.2) is 0 Å². The van der Waals surface area contributed by atoms with Crippen LogP contribution in [0.3, 0.4) is 0 Å². The van der Waals surface area contributed by atoms with Gasteiger partial charge in [0.2, 0.25) is 5.91 Å². The number of hydrogen-bond acceptors (Lipinski definition) is 5. The number of carbonyl (C=O) groups is 1. The molecule has 22 heavy (non-hydrogen) atoms. The van der Waals surface area contributed by atoms with Gasteiger partial charge in [-0.1, -0.05) is 6.07 Å². The van der Waals surface area contributed by atoms with Crippen molar-refractivity contribution in [3.8, 4) is 0 Å². The predicted octanol–water partition coefficient (Wildman–Crippen LogP) is 2.04. The molecule has 2 aromatic heterocycles. The van der Waals surface area contributed by atoms with Crippen LogP contribution in [0.25, 0.3) is 0 Å². The Morgan fingerprint density at radius 2 is 2.18 bits per heavy atom. The van der Waals surface area contributed by atoms with Crippen LogP contribution in [0.1, 0.15) is 18.4 Å². The summed E-state index contributed by atoms with van der Waals surface area (Å²) >= 11 is 0. The third-order valence-electron chi connectivity index (χ3n) is 3.83. The van der Waals surface area contributed by atoms with E-state index in [2.05, 4.69) is 25.2 Å². The van der Waals surface area contributed by atoms with E-state index in [1.54, 1.807) is 24.8 Å². The summed E-state index contributed by atoms with van der Waals surface area (Å²) in [6.45, 7) is 3.54. The van der Waals surface area contributed by atoms with Crippen LogP contribution >= 0.6 is 0 Å². The van der Waals surface area contributed by atoms with Crippen LogP contribution in [0.15, 0.2) is 36.9 Å². The minimum atomic E-state index is -0.0566. The number of carbonyl (C=O) groups excluding carboxylic acids is 1. The van der Waals surface area contributed by atoms with Crippen LogP contribution in [0.5, 0.6) is 0 Å². The minimum absolute atomic E-state index is 0.0185. The molecular formula is C16H19N5O. The van der Waals surface area contributed by atoms with Gasteiger partial charge < -0.3 is 10.2 Å². The van der Waals surface area contributed by atoms with E-state index in [1.807, 2.05) is 19.1 Å². The molecule has 6 nitrogen and oxygen atoms in total. The van der Waals surface area contributed by atoms with Crippen LogP contribution in [-0.4, -0.2) is 33.9 Å². The second-order valence-electron chi connectivity index (χ2n) is 5.56. The number of aromatic nitrogens is 3. The normalized spacial score (nSPS) is 18.0. The van der Waals surface area contributed by atoms with Crippen molar-refractivity contribution in [3.05, 3.63) is 42.5 Å². The topological polar surface area (TPSA) is 71.0 Å². The fourth-order valence-electron chi connectivity index (χ4n) is 2.62. The Morgan fingerprint density at radius 3 is 2.91 bits per heavy atom. The predicted molar refractivity (Wildman–Crippen MR) is 84.6 cm³/mol. The summed E-state index contributed by atoms with van der Waals surface area (Å²) < 4.78 is 0. The lowest BCUT2D eigenvalue weighted by Crippen LogP contribution is -2.41. The van der Waals surface area contributed by atoms with Crippen molar-refractivity contribution in [2.75, 3.05) is 23.3 Å². The Kier molecular flexibility index (Phi) is 4.27. The number of nitrogens with one attached hydrogen (secondary N) is 1. The third-order valence-corrected chi connectivity index (χ3v) is 3.83. The first-order valence-corrected chi connectivity index (χ1v) is 7.47. The molecule has 0 bridgehead atoms. The quantitative estimate of drug-likeness (QED) is 0.938. The van der Waals surface area contributed by atoms with Gasteiger partial charge in [-0.2, -0.15) is 0 Å². The third kappa shape index (κ3) is 3.39. The van der Waals surface area contributed by atoms with E-state index in [9.17, 15) is 4.79 Å². The molecular weight excluding hydrogens is 278 g/mol. The SMILES string of the molecule is Cc1ccc(NC(=O)[C@@H]2CCCN(c3cnccn3)C2)nc1. The zero-order valence-electron chi connectivity index (χ0n) is 12.6. The zero-order chi connectivity index (χ0) is 15.4. The average molecular weight is 297 g/mol. The summed E-state index contributed by atoms with van der Waals surface area (Å²) in [5.74, 6) is 1.39. The first-order valence-electron chi connectivity index (χ1n) is 7.47. The molecule has 1 atom stereocenters. The largest absolute Gasteiger partial charge is 0.355 e. The number of hydrogen-bond donors (Lipinski definition) is 1. The molecule has 114 valence electrons. The van der Waals surface area contributed by atoms with Gasteiger partial charge in [0.25, 0.3) is 0 Å². The fraction of sp³-hybridized carbons (Fsp3) is 0.375. The molecule has 1 saturated heterocycles. The van der Waals surface area contributed by atoms with Crippen molar-refractivity contribution in [1.29, 1.82) is 0 Å². The number of aryl methyl sites for hydroxylation is 1. The van der Waals surface area contributed by atoms with Gasteiger partial charge in [-0.15, -0.1) is 0 Å². The molecule has 0 aliphatic carbocycles. The summed E-state index contributed by atoms with van der Waals surface area (Å²) in [5, 5.41) is 2.90. The molecule has 3 rings (SSSR count). The van der Waals surface area contributed by atoms with Crippen molar-refractivity contribution >= 4 is 17.5 Å². The smallest absolute Gasteiger partial charge is 0.230 e. The van der Waals surface area contributed by atoms with Gasteiger partial charge in [-0.05, 0) is 31.4 Å². The Bertz CT molecular complexity index is 629. The van der Waals surface area contributed by atoms with Gasteiger partial charge in [-0.25, -0.2) is 9.97 Å². The van der Waals surface area contributed by atoms with Gasteiger partial charge in [-0.3, -0.25) is 9.78 Å². The monoisotopic (exact) mass is 297 g/mol. The number of nitrogens with zero attached hydrogens (tertiary/aromatic N) is 4. The maximum Gasteiger partial charge on any atom is 0.230 e. The molecule has 1 aliphatic heterocycles. The molecule has 0 aromatic carbocycles. The number of piperidine rings is 1. The Labute approximate surface area is 129 Å². The summed E-state index contributed by atoms with van der Waals surface area (Å²) in [6.07, 6.45) is 8.67. The van der Waals surface area contributed by atoms with Crippen LogP contribution < -0.4 is 10.2 Å². The Balaban J connectivity index is 1.64. The molecule has 1 amide bonds. The van der Waals surface area contributed by atoms with Gasteiger partial charge in [0.05, 0.1) is 12.1 Å².